The molecule has 2 aromatic carbocycles. The SMILES string of the molecule is Cc1nn(C)c(=O)c(-c2c(F)ccc(Cl)c2CCc2ccc3ccsc3c2)c1O. The second kappa shape index (κ2) is 7.61. The molecule has 4 rings (SSSR count). The Hall–Kier alpha value is -2.70. The van der Waals surface area contributed by atoms with E-state index in [1.54, 1.807) is 18.3 Å². The fraction of sp³-hybridized carbons (Fsp3) is 0.182. The number of nitrogens with zero attached hydrogens (tertiary/aromatic N) is 2. The molecule has 1 N–H and O–H groups in total. The van der Waals surface area contributed by atoms with E-state index in [9.17, 15) is 14.3 Å². The highest BCUT2D eigenvalue weighted by molar-refractivity contribution is 7.17. The Bertz CT molecular complexity index is 1300. The quantitative estimate of drug-likeness (QED) is 0.482. The number of aryl methyl sites for hydroxylation is 3. The minimum atomic E-state index is -0.601. The zero-order valence-electron chi connectivity index (χ0n) is 15.9. The summed E-state index contributed by atoms with van der Waals surface area (Å²) in [5.74, 6) is -0.924. The molecule has 0 spiro atoms. The van der Waals surface area contributed by atoms with Gasteiger partial charge in [0.1, 0.15) is 11.5 Å². The summed E-state index contributed by atoms with van der Waals surface area (Å²) in [7, 11) is 1.47. The maximum Gasteiger partial charge on any atom is 0.278 e. The molecule has 2 aromatic heterocycles. The molecule has 0 fully saturated rings. The van der Waals surface area contributed by atoms with Gasteiger partial charge in [-0.05, 0) is 65.9 Å². The van der Waals surface area contributed by atoms with E-state index in [0.717, 1.165) is 10.2 Å². The molecule has 0 atom stereocenters. The van der Waals surface area contributed by atoms with Crippen molar-refractivity contribution >= 4 is 33.0 Å². The lowest BCUT2D eigenvalue weighted by Gasteiger charge is -2.15. The number of benzene rings is 2. The molecule has 7 heteroatoms. The van der Waals surface area contributed by atoms with Crippen LogP contribution >= 0.6 is 22.9 Å². The van der Waals surface area contributed by atoms with Crippen LogP contribution in [0.5, 0.6) is 5.75 Å². The Kier molecular flexibility index (Phi) is 5.15. The lowest BCUT2D eigenvalue weighted by atomic mass is 9.94. The molecule has 0 aliphatic carbocycles. The number of aromatic nitrogens is 2. The van der Waals surface area contributed by atoms with Gasteiger partial charge in [-0.15, -0.1) is 11.3 Å². The summed E-state index contributed by atoms with van der Waals surface area (Å²) in [6.07, 6.45) is 1.04. The number of aromatic hydroxyl groups is 1. The first-order valence-corrected chi connectivity index (χ1v) is 10.3. The summed E-state index contributed by atoms with van der Waals surface area (Å²) in [6, 6.07) is 11.0. The van der Waals surface area contributed by atoms with E-state index < -0.39 is 11.4 Å². The molecule has 0 bridgehead atoms. The minimum Gasteiger partial charge on any atom is -0.505 e. The van der Waals surface area contributed by atoms with Crippen LogP contribution in [-0.4, -0.2) is 14.9 Å². The Morgan fingerprint density at radius 1 is 1.17 bits per heavy atom. The van der Waals surface area contributed by atoms with Crippen LogP contribution in [-0.2, 0) is 19.9 Å². The van der Waals surface area contributed by atoms with Crippen LogP contribution < -0.4 is 5.56 Å². The van der Waals surface area contributed by atoms with Crippen LogP contribution in [0.15, 0.2) is 46.6 Å². The van der Waals surface area contributed by atoms with E-state index in [4.69, 9.17) is 11.6 Å². The Balaban J connectivity index is 1.81. The molecule has 29 heavy (non-hydrogen) atoms. The first kappa shape index (κ1) is 19.6. The van der Waals surface area contributed by atoms with Gasteiger partial charge in [-0.25, -0.2) is 9.07 Å². The third-order valence-electron chi connectivity index (χ3n) is 5.03. The fourth-order valence-electron chi connectivity index (χ4n) is 3.52. The number of fused-ring (bicyclic) bond motifs is 1. The van der Waals surface area contributed by atoms with Crippen molar-refractivity contribution in [3.63, 3.8) is 0 Å². The molecule has 0 aliphatic rings. The van der Waals surface area contributed by atoms with Crippen molar-refractivity contribution in [2.75, 3.05) is 0 Å². The highest BCUT2D eigenvalue weighted by Gasteiger charge is 2.23. The van der Waals surface area contributed by atoms with Crippen LogP contribution in [0.2, 0.25) is 5.02 Å². The smallest absolute Gasteiger partial charge is 0.278 e. The van der Waals surface area contributed by atoms with E-state index in [0.29, 0.717) is 23.4 Å². The summed E-state index contributed by atoms with van der Waals surface area (Å²) < 4.78 is 17.2. The van der Waals surface area contributed by atoms with Gasteiger partial charge in [0.25, 0.3) is 5.56 Å². The maximum atomic E-state index is 14.9. The topological polar surface area (TPSA) is 55.1 Å². The summed E-state index contributed by atoms with van der Waals surface area (Å²) >= 11 is 8.07. The predicted octanol–water partition coefficient (Wildman–Crippen LogP) is 5.25. The van der Waals surface area contributed by atoms with Crippen molar-refractivity contribution in [2.45, 2.75) is 19.8 Å². The summed E-state index contributed by atoms with van der Waals surface area (Å²) in [5.41, 5.74) is 1.19. The molecule has 0 saturated carbocycles. The molecule has 4 aromatic rings. The second-order valence-electron chi connectivity index (χ2n) is 6.91. The lowest BCUT2D eigenvalue weighted by Crippen LogP contribution is -2.23. The van der Waals surface area contributed by atoms with Crippen molar-refractivity contribution in [2.24, 2.45) is 7.05 Å². The highest BCUT2D eigenvalue weighted by Crippen LogP contribution is 2.36. The van der Waals surface area contributed by atoms with Crippen molar-refractivity contribution < 1.29 is 9.50 Å². The summed E-state index contributed by atoms with van der Waals surface area (Å²) in [5, 5.41) is 18.0. The largest absolute Gasteiger partial charge is 0.505 e. The van der Waals surface area contributed by atoms with Crippen molar-refractivity contribution in [3.8, 4) is 16.9 Å². The summed E-state index contributed by atoms with van der Waals surface area (Å²) in [4.78, 5) is 12.7. The van der Waals surface area contributed by atoms with E-state index in [2.05, 4.69) is 23.3 Å². The molecule has 0 saturated heterocycles. The van der Waals surface area contributed by atoms with Gasteiger partial charge in [0, 0.05) is 22.3 Å². The molecular weight excluding hydrogens is 411 g/mol. The van der Waals surface area contributed by atoms with Crippen LogP contribution in [0.1, 0.15) is 16.8 Å². The van der Waals surface area contributed by atoms with E-state index in [1.807, 2.05) is 11.4 Å². The fourth-order valence-corrected chi connectivity index (χ4v) is 4.62. The maximum absolute atomic E-state index is 14.9. The van der Waals surface area contributed by atoms with Crippen LogP contribution in [0.4, 0.5) is 4.39 Å². The number of hydrogen-bond acceptors (Lipinski definition) is 4. The number of thiophene rings is 1. The Morgan fingerprint density at radius 3 is 2.76 bits per heavy atom. The van der Waals surface area contributed by atoms with Crippen molar-refractivity contribution in [3.05, 3.63) is 79.8 Å². The van der Waals surface area contributed by atoms with Gasteiger partial charge in [-0.1, -0.05) is 23.7 Å². The van der Waals surface area contributed by atoms with Gasteiger partial charge in [-0.2, -0.15) is 5.10 Å². The number of hydrogen-bond donors (Lipinski definition) is 1. The normalized spacial score (nSPS) is 11.3. The van der Waals surface area contributed by atoms with Crippen molar-refractivity contribution in [1.82, 2.24) is 9.78 Å². The predicted molar refractivity (Wildman–Crippen MR) is 116 cm³/mol. The molecule has 148 valence electrons. The van der Waals surface area contributed by atoms with Crippen LogP contribution in [0.25, 0.3) is 21.2 Å². The monoisotopic (exact) mass is 428 g/mol. The van der Waals surface area contributed by atoms with Gasteiger partial charge in [0.15, 0.2) is 5.75 Å². The average Bonchev–Trinajstić information content (AvgIpc) is 3.16. The van der Waals surface area contributed by atoms with Gasteiger partial charge >= 0.3 is 0 Å². The van der Waals surface area contributed by atoms with Crippen molar-refractivity contribution in [1.29, 1.82) is 0 Å². The minimum absolute atomic E-state index is 0.0401. The number of rotatable bonds is 4. The van der Waals surface area contributed by atoms with Gasteiger partial charge in [0.05, 0.1) is 5.56 Å². The average molecular weight is 429 g/mol. The standard InChI is InChI=1S/C22H18ClFN2O2S/c1-12-21(27)20(22(28)26(2)25-12)19-15(16(23)7-8-17(19)24)6-4-13-3-5-14-9-10-29-18(14)11-13/h3,5,7-11,27H,4,6H2,1-2H3. The third-order valence-corrected chi connectivity index (χ3v) is 6.26. The van der Waals surface area contributed by atoms with E-state index in [-0.39, 0.29) is 22.6 Å². The number of halogens is 2. The van der Waals surface area contributed by atoms with Gasteiger partial charge in [0.2, 0.25) is 0 Å². The molecule has 2 heterocycles. The van der Waals surface area contributed by atoms with Crippen LogP contribution in [0, 0.1) is 12.7 Å². The van der Waals surface area contributed by atoms with Crippen LogP contribution in [0.3, 0.4) is 0 Å². The first-order valence-electron chi connectivity index (χ1n) is 9.07. The molecule has 4 nitrogen and oxygen atoms in total. The van der Waals surface area contributed by atoms with E-state index >= 15 is 0 Å². The summed E-state index contributed by atoms with van der Waals surface area (Å²) in [6.45, 7) is 1.57. The highest BCUT2D eigenvalue weighted by atomic mass is 35.5. The second-order valence-corrected chi connectivity index (χ2v) is 8.27. The third kappa shape index (κ3) is 3.54. The lowest BCUT2D eigenvalue weighted by molar-refractivity contribution is 0.460. The van der Waals surface area contributed by atoms with Gasteiger partial charge < -0.3 is 5.11 Å². The first-order chi connectivity index (χ1) is 13.9. The zero-order chi connectivity index (χ0) is 20.7. The van der Waals surface area contributed by atoms with Gasteiger partial charge in [-0.3, -0.25) is 4.79 Å². The van der Waals surface area contributed by atoms with E-state index in [1.165, 1.54) is 29.3 Å². The molecule has 0 unspecified atom stereocenters. The molecule has 0 radical (unpaired) electrons. The molecule has 0 amide bonds. The Labute approximate surface area is 175 Å². The molecular formula is C22H18ClFN2O2S. The molecule has 0 aliphatic heterocycles. The Morgan fingerprint density at radius 2 is 1.97 bits per heavy atom. The zero-order valence-corrected chi connectivity index (χ0v) is 17.4.